The first-order valence-electron chi connectivity index (χ1n) is 4.70. The summed E-state index contributed by atoms with van der Waals surface area (Å²) in [5.74, 6) is 1.88. The molecule has 0 aromatic rings. The molecule has 0 bridgehead atoms. The summed E-state index contributed by atoms with van der Waals surface area (Å²) in [5, 5.41) is 0. The van der Waals surface area contributed by atoms with Crippen LogP contribution in [-0.2, 0) is 0 Å². The van der Waals surface area contributed by atoms with Crippen LogP contribution in [0.5, 0.6) is 0 Å². The van der Waals surface area contributed by atoms with Gasteiger partial charge in [-0.05, 0) is 5.92 Å². The predicted molar refractivity (Wildman–Crippen MR) is 51.1 cm³/mol. The standard InChI is InChI=1S/C9H21B/c1-5-9(6-2)7-10-8(3)4/h8-10H,5-7H2,1-4H3. The molecule has 0 aromatic heterocycles. The van der Waals surface area contributed by atoms with Crippen LogP contribution in [0.1, 0.15) is 40.5 Å². The van der Waals surface area contributed by atoms with E-state index < -0.39 is 0 Å². The first kappa shape index (κ1) is 10.1. The van der Waals surface area contributed by atoms with E-state index in [1.54, 1.807) is 0 Å². The van der Waals surface area contributed by atoms with Gasteiger partial charge in [-0.2, -0.15) is 0 Å². The van der Waals surface area contributed by atoms with E-state index in [-0.39, 0.29) is 0 Å². The van der Waals surface area contributed by atoms with Crippen LogP contribution in [0.15, 0.2) is 0 Å². The van der Waals surface area contributed by atoms with Crippen LogP contribution < -0.4 is 0 Å². The Labute approximate surface area is 66.6 Å². The van der Waals surface area contributed by atoms with Gasteiger partial charge in [0.15, 0.2) is 0 Å². The van der Waals surface area contributed by atoms with E-state index in [9.17, 15) is 0 Å². The Morgan fingerprint density at radius 3 is 1.90 bits per heavy atom. The zero-order chi connectivity index (χ0) is 7.98. The lowest BCUT2D eigenvalue weighted by atomic mass is 9.60. The highest BCUT2D eigenvalue weighted by atomic mass is 14.0. The maximum atomic E-state index is 2.31. The van der Waals surface area contributed by atoms with Gasteiger partial charge in [0.05, 0.1) is 0 Å². The van der Waals surface area contributed by atoms with E-state index in [4.69, 9.17) is 0 Å². The van der Waals surface area contributed by atoms with Crippen molar-refractivity contribution in [2.24, 2.45) is 5.92 Å². The Morgan fingerprint density at radius 2 is 1.60 bits per heavy atom. The average molecular weight is 140 g/mol. The van der Waals surface area contributed by atoms with Crippen LogP contribution in [0.2, 0.25) is 12.1 Å². The van der Waals surface area contributed by atoms with Crippen molar-refractivity contribution in [1.82, 2.24) is 0 Å². The van der Waals surface area contributed by atoms with Crippen molar-refractivity contribution in [3.05, 3.63) is 0 Å². The Balaban J connectivity index is 3.26. The fourth-order valence-corrected chi connectivity index (χ4v) is 1.27. The normalized spacial score (nSPS) is 11.0. The van der Waals surface area contributed by atoms with E-state index >= 15 is 0 Å². The molecule has 0 aliphatic rings. The summed E-state index contributed by atoms with van der Waals surface area (Å²) in [4.78, 5) is 0. The lowest BCUT2D eigenvalue weighted by molar-refractivity contribution is 0.540. The maximum Gasteiger partial charge on any atom is 0.123 e. The summed E-state index contributed by atoms with van der Waals surface area (Å²) in [5.41, 5.74) is 0. The molecule has 0 radical (unpaired) electrons. The summed E-state index contributed by atoms with van der Waals surface area (Å²) in [6, 6.07) is 0. The summed E-state index contributed by atoms with van der Waals surface area (Å²) in [6.45, 7) is 9.22. The third kappa shape index (κ3) is 4.90. The molecule has 0 nitrogen and oxygen atoms in total. The van der Waals surface area contributed by atoms with E-state index in [2.05, 4.69) is 27.7 Å². The Kier molecular flexibility index (Phi) is 5.86. The van der Waals surface area contributed by atoms with Crippen molar-refractivity contribution < 1.29 is 0 Å². The first-order chi connectivity index (χ1) is 4.70. The van der Waals surface area contributed by atoms with Gasteiger partial charge in [0.1, 0.15) is 7.28 Å². The predicted octanol–water partition coefficient (Wildman–Crippen LogP) is 3.11. The third-order valence-electron chi connectivity index (χ3n) is 2.31. The van der Waals surface area contributed by atoms with Gasteiger partial charge in [0.2, 0.25) is 0 Å². The molecule has 0 aliphatic carbocycles. The molecule has 0 aromatic carbocycles. The van der Waals surface area contributed by atoms with Gasteiger partial charge in [0, 0.05) is 0 Å². The van der Waals surface area contributed by atoms with Crippen molar-refractivity contribution in [2.75, 3.05) is 0 Å². The molecule has 0 amide bonds. The molecule has 0 atom stereocenters. The first-order valence-corrected chi connectivity index (χ1v) is 4.70. The molecule has 0 N–H and O–H groups in total. The molecule has 0 heterocycles. The lowest BCUT2D eigenvalue weighted by Crippen LogP contribution is -2.03. The molecule has 1 heteroatoms. The van der Waals surface area contributed by atoms with Gasteiger partial charge in [-0.3, -0.25) is 0 Å². The van der Waals surface area contributed by atoms with E-state index in [0.29, 0.717) is 0 Å². The molecule has 10 heavy (non-hydrogen) atoms. The van der Waals surface area contributed by atoms with Crippen molar-refractivity contribution in [3.8, 4) is 0 Å². The number of hydrogen-bond acceptors (Lipinski definition) is 0. The minimum Gasteiger partial charge on any atom is -0.0744 e. The van der Waals surface area contributed by atoms with Gasteiger partial charge in [-0.1, -0.05) is 52.7 Å². The molecule has 0 saturated heterocycles. The highest BCUT2D eigenvalue weighted by Crippen LogP contribution is 2.15. The average Bonchev–Trinajstić information content (AvgIpc) is 1.90. The van der Waals surface area contributed by atoms with Crippen LogP contribution in [0.25, 0.3) is 0 Å². The molecular formula is C9H21B. The van der Waals surface area contributed by atoms with Crippen LogP contribution >= 0.6 is 0 Å². The molecule has 0 aliphatic heterocycles. The highest BCUT2D eigenvalue weighted by molar-refractivity contribution is 6.37. The molecular weight excluding hydrogens is 119 g/mol. The molecule has 0 rings (SSSR count). The number of rotatable bonds is 5. The minimum absolute atomic E-state index is 0.889. The quantitative estimate of drug-likeness (QED) is 0.514. The summed E-state index contributed by atoms with van der Waals surface area (Å²) in [6.07, 6.45) is 4.16. The molecule has 0 unspecified atom stereocenters. The minimum atomic E-state index is 0.889. The van der Waals surface area contributed by atoms with Crippen molar-refractivity contribution in [3.63, 3.8) is 0 Å². The molecule has 0 saturated carbocycles. The highest BCUT2D eigenvalue weighted by Gasteiger charge is 2.05. The summed E-state index contributed by atoms with van der Waals surface area (Å²) in [7, 11) is 1.41. The smallest absolute Gasteiger partial charge is 0.0744 e. The second-order valence-corrected chi connectivity index (χ2v) is 3.65. The van der Waals surface area contributed by atoms with Gasteiger partial charge in [-0.15, -0.1) is 0 Å². The van der Waals surface area contributed by atoms with E-state index in [0.717, 1.165) is 11.7 Å². The van der Waals surface area contributed by atoms with Gasteiger partial charge in [0.25, 0.3) is 0 Å². The second kappa shape index (κ2) is 5.82. The summed E-state index contributed by atoms with van der Waals surface area (Å²) < 4.78 is 0. The van der Waals surface area contributed by atoms with Crippen LogP contribution in [-0.4, -0.2) is 7.28 Å². The second-order valence-electron chi connectivity index (χ2n) is 3.65. The lowest BCUT2D eigenvalue weighted by Gasteiger charge is -2.11. The van der Waals surface area contributed by atoms with E-state index in [1.165, 1.54) is 26.4 Å². The number of hydrogen-bond donors (Lipinski definition) is 0. The fraction of sp³-hybridized carbons (Fsp3) is 1.00. The largest absolute Gasteiger partial charge is 0.123 e. The van der Waals surface area contributed by atoms with Crippen LogP contribution in [0, 0.1) is 5.92 Å². The zero-order valence-corrected chi connectivity index (χ0v) is 7.98. The van der Waals surface area contributed by atoms with Gasteiger partial charge in [-0.25, -0.2) is 0 Å². The Bertz CT molecular complexity index is 65.1. The molecule has 0 spiro atoms. The fourth-order valence-electron chi connectivity index (χ4n) is 1.27. The monoisotopic (exact) mass is 140 g/mol. The maximum absolute atomic E-state index is 2.31. The zero-order valence-electron chi connectivity index (χ0n) is 7.98. The van der Waals surface area contributed by atoms with Gasteiger partial charge >= 0.3 is 0 Å². The summed E-state index contributed by atoms with van der Waals surface area (Å²) >= 11 is 0. The Hall–Kier alpha value is 0.0649. The Morgan fingerprint density at radius 1 is 1.10 bits per heavy atom. The van der Waals surface area contributed by atoms with Crippen molar-refractivity contribution in [1.29, 1.82) is 0 Å². The topological polar surface area (TPSA) is 0 Å². The van der Waals surface area contributed by atoms with E-state index in [1.807, 2.05) is 0 Å². The van der Waals surface area contributed by atoms with Crippen molar-refractivity contribution in [2.45, 2.75) is 52.7 Å². The molecule has 0 fully saturated rings. The van der Waals surface area contributed by atoms with Crippen LogP contribution in [0.3, 0.4) is 0 Å². The molecule has 60 valence electrons. The van der Waals surface area contributed by atoms with Gasteiger partial charge < -0.3 is 0 Å². The SMILES string of the molecule is CCC(CC)CBC(C)C. The van der Waals surface area contributed by atoms with Crippen LogP contribution in [0.4, 0.5) is 0 Å². The third-order valence-corrected chi connectivity index (χ3v) is 2.31. The van der Waals surface area contributed by atoms with Crippen molar-refractivity contribution >= 4 is 7.28 Å².